The monoisotopic (exact) mass is 202 g/mol. The van der Waals surface area contributed by atoms with Crippen LogP contribution in [-0.2, 0) is 6.54 Å². The maximum atomic E-state index is 11.7. The summed E-state index contributed by atoms with van der Waals surface area (Å²) in [5, 5.41) is 10.9. The van der Waals surface area contributed by atoms with Crippen LogP contribution < -0.4 is 0 Å². The van der Waals surface area contributed by atoms with Crippen LogP contribution in [0.15, 0.2) is 30.6 Å². The first kappa shape index (κ1) is 9.51. The number of carbonyl (C=O) groups excluding carboxylic acids is 1. The van der Waals surface area contributed by atoms with Crippen molar-refractivity contribution in [3.8, 4) is 0 Å². The second kappa shape index (κ2) is 4.00. The van der Waals surface area contributed by atoms with Gasteiger partial charge in [0.2, 0.25) is 0 Å². The van der Waals surface area contributed by atoms with Gasteiger partial charge in [0.1, 0.15) is 6.54 Å². The molecule has 1 aromatic heterocycles. The molecule has 0 saturated carbocycles. The molecule has 0 saturated heterocycles. The molecule has 5 nitrogen and oxygen atoms in total. The van der Waals surface area contributed by atoms with Crippen molar-refractivity contribution in [3.63, 3.8) is 0 Å². The fraction of sp³-hybridized carbons (Fsp3) is 0.200. The van der Waals surface area contributed by atoms with E-state index in [1.165, 1.54) is 11.1 Å². The van der Waals surface area contributed by atoms with Crippen molar-refractivity contribution in [2.45, 2.75) is 13.5 Å². The Labute approximate surface area is 86.7 Å². The zero-order valence-electron chi connectivity index (χ0n) is 8.29. The summed E-state index contributed by atoms with van der Waals surface area (Å²) in [5.74, 6) is -0.0204. The largest absolute Gasteiger partial charge is 0.292 e. The molecular weight excluding hydrogens is 192 g/mol. The predicted molar refractivity (Wildman–Crippen MR) is 53.3 cm³/mol. The fourth-order valence-electron chi connectivity index (χ4n) is 1.22. The van der Waals surface area contributed by atoms with Crippen molar-refractivity contribution < 1.29 is 4.79 Å². The molecule has 2 aromatic rings. The number of benzene rings is 1. The van der Waals surface area contributed by atoms with E-state index in [2.05, 4.69) is 15.4 Å². The lowest BCUT2D eigenvalue weighted by Gasteiger charge is -1.99. The molecule has 5 heteroatoms. The van der Waals surface area contributed by atoms with Gasteiger partial charge in [-0.25, -0.2) is 0 Å². The average molecular weight is 202 g/mol. The highest BCUT2D eigenvalue weighted by atomic mass is 16.1. The van der Waals surface area contributed by atoms with E-state index in [4.69, 9.17) is 0 Å². The van der Waals surface area contributed by atoms with Crippen molar-refractivity contribution in [2.75, 3.05) is 0 Å². The highest BCUT2D eigenvalue weighted by molar-refractivity contribution is 5.95. The lowest BCUT2D eigenvalue weighted by atomic mass is 10.1. The first-order chi connectivity index (χ1) is 7.25. The van der Waals surface area contributed by atoms with E-state index >= 15 is 0 Å². The van der Waals surface area contributed by atoms with Crippen LogP contribution in [0.1, 0.15) is 15.9 Å². The third-order valence-electron chi connectivity index (χ3n) is 2.05. The van der Waals surface area contributed by atoms with Crippen LogP contribution in [0.2, 0.25) is 0 Å². The third kappa shape index (κ3) is 2.25. The molecule has 0 spiro atoms. The Bertz CT molecular complexity index is 447. The van der Waals surface area contributed by atoms with Gasteiger partial charge in [0.25, 0.3) is 0 Å². The van der Waals surface area contributed by atoms with Gasteiger partial charge in [0.05, 0.1) is 0 Å². The van der Waals surface area contributed by atoms with Crippen molar-refractivity contribution in [1.29, 1.82) is 0 Å². The quantitative estimate of drug-likeness (QED) is 0.693. The average Bonchev–Trinajstić information content (AvgIpc) is 2.71. The summed E-state index contributed by atoms with van der Waals surface area (Å²) in [6.07, 6.45) is 1.31. The summed E-state index contributed by atoms with van der Waals surface area (Å²) in [4.78, 5) is 13.0. The highest BCUT2D eigenvalue weighted by Gasteiger charge is 2.07. The van der Waals surface area contributed by atoms with Crippen molar-refractivity contribution in [2.24, 2.45) is 0 Å². The van der Waals surface area contributed by atoms with Gasteiger partial charge in [0, 0.05) is 5.56 Å². The van der Waals surface area contributed by atoms with Crippen LogP contribution in [0.25, 0.3) is 0 Å². The zero-order valence-corrected chi connectivity index (χ0v) is 8.29. The number of hydrogen-bond acceptors (Lipinski definition) is 4. The molecule has 1 heterocycles. The first-order valence-electron chi connectivity index (χ1n) is 4.56. The van der Waals surface area contributed by atoms with Gasteiger partial charge >= 0.3 is 0 Å². The maximum Gasteiger partial charge on any atom is 0.186 e. The summed E-state index contributed by atoms with van der Waals surface area (Å²) in [5.41, 5.74) is 1.79. The second-order valence-electron chi connectivity index (χ2n) is 3.26. The first-order valence-corrected chi connectivity index (χ1v) is 4.56. The molecule has 0 aliphatic heterocycles. The van der Waals surface area contributed by atoms with Crippen LogP contribution in [0.3, 0.4) is 0 Å². The number of Topliss-reactive ketones (excluding diaryl/α,β-unsaturated/α-hetero) is 1. The number of hydrogen-bond donors (Lipinski definition) is 0. The van der Waals surface area contributed by atoms with Crippen molar-refractivity contribution in [3.05, 3.63) is 41.7 Å². The van der Waals surface area contributed by atoms with E-state index in [0.717, 1.165) is 5.56 Å². The predicted octanol–water partition coefficient (Wildman–Crippen LogP) is 0.864. The fourth-order valence-corrected chi connectivity index (χ4v) is 1.22. The van der Waals surface area contributed by atoms with E-state index in [9.17, 15) is 4.79 Å². The Morgan fingerprint density at radius 2 is 2.07 bits per heavy atom. The molecule has 0 aliphatic carbocycles. The molecule has 0 radical (unpaired) electrons. The molecule has 1 aromatic carbocycles. The molecule has 76 valence electrons. The van der Waals surface area contributed by atoms with Crippen LogP contribution in [0, 0.1) is 6.92 Å². The standard InChI is InChI=1S/C10H10N4O/c1-8-2-4-9(5-3-8)10(15)6-14-12-7-11-13-14/h2-5,7H,6H2,1H3. The van der Waals surface area contributed by atoms with Crippen LogP contribution in [0.5, 0.6) is 0 Å². The van der Waals surface area contributed by atoms with Gasteiger partial charge in [-0.3, -0.25) is 4.79 Å². The van der Waals surface area contributed by atoms with Crippen LogP contribution >= 0.6 is 0 Å². The molecule has 0 unspecified atom stereocenters. The highest BCUT2D eigenvalue weighted by Crippen LogP contribution is 2.04. The van der Waals surface area contributed by atoms with Crippen LogP contribution in [-0.4, -0.2) is 26.0 Å². The van der Waals surface area contributed by atoms with Crippen molar-refractivity contribution >= 4 is 5.78 Å². The lowest BCUT2D eigenvalue weighted by molar-refractivity contribution is 0.0961. The molecule has 0 aliphatic rings. The van der Waals surface area contributed by atoms with Gasteiger partial charge in [0.15, 0.2) is 12.1 Å². The Morgan fingerprint density at radius 3 is 2.67 bits per heavy atom. The normalized spacial score (nSPS) is 10.2. The Kier molecular flexibility index (Phi) is 2.53. The minimum absolute atomic E-state index is 0.0204. The van der Waals surface area contributed by atoms with E-state index < -0.39 is 0 Å². The summed E-state index contributed by atoms with van der Waals surface area (Å²) < 4.78 is 0. The second-order valence-corrected chi connectivity index (χ2v) is 3.26. The third-order valence-corrected chi connectivity index (χ3v) is 2.05. The van der Waals surface area contributed by atoms with Crippen LogP contribution in [0.4, 0.5) is 0 Å². The molecule has 0 atom stereocenters. The van der Waals surface area contributed by atoms with Gasteiger partial charge in [-0.1, -0.05) is 29.8 Å². The Hall–Kier alpha value is -2.04. The number of carbonyl (C=O) groups is 1. The van der Waals surface area contributed by atoms with Gasteiger partial charge < -0.3 is 0 Å². The molecule has 0 fully saturated rings. The Morgan fingerprint density at radius 1 is 1.33 bits per heavy atom. The number of ketones is 1. The number of nitrogens with zero attached hydrogens (tertiary/aromatic N) is 4. The molecule has 0 bridgehead atoms. The minimum atomic E-state index is -0.0204. The van der Waals surface area contributed by atoms with E-state index in [-0.39, 0.29) is 12.3 Å². The number of rotatable bonds is 3. The summed E-state index contributed by atoms with van der Waals surface area (Å²) in [6.45, 7) is 2.11. The summed E-state index contributed by atoms with van der Waals surface area (Å²) >= 11 is 0. The molecular formula is C10H10N4O. The molecule has 0 amide bonds. The van der Waals surface area contributed by atoms with E-state index in [1.54, 1.807) is 12.1 Å². The summed E-state index contributed by atoms with van der Waals surface area (Å²) in [7, 11) is 0. The molecule has 2 rings (SSSR count). The minimum Gasteiger partial charge on any atom is -0.292 e. The number of aromatic nitrogens is 4. The maximum absolute atomic E-state index is 11.7. The Balaban J connectivity index is 2.11. The summed E-state index contributed by atoms with van der Waals surface area (Å²) in [6, 6.07) is 7.41. The van der Waals surface area contributed by atoms with Gasteiger partial charge in [-0.05, 0) is 12.1 Å². The topological polar surface area (TPSA) is 60.7 Å². The smallest absolute Gasteiger partial charge is 0.186 e. The molecule has 15 heavy (non-hydrogen) atoms. The lowest BCUT2D eigenvalue weighted by Crippen LogP contribution is -2.13. The van der Waals surface area contributed by atoms with Gasteiger partial charge in [-0.15, -0.1) is 10.2 Å². The van der Waals surface area contributed by atoms with Gasteiger partial charge in [-0.2, -0.15) is 4.80 Å². The number of aryl methyl sites for hydroxylation is 1. The molecule has 0 N–H and O–H groups in total. The van der Waals surface area contributed by atoms with E-state index in [1.807, 2.05) is 19.1 Å². The SMILES string of the molecule is Cc1ccc(C(=O)Cn2ncnn2)cc1. The number of tetrazole rings is 1. The van der Waals surface area contributed by atoms with E-state index in [0.29, 0.717) is 5.56 Å². The zero-order chi connectivity index (χ0) is 10.7. The van der Waals surface area contributed by atoms with Crippen molar-refractivity contribution in [1.82, 2.24) is 20.2 Å².